The van der Waals surface area contributed by atoms with E-state index in [0.29, 0.717) is 0 Å². The molecule has 0 unspecified atom stereocenters. The third kappa shape index (κ3) is 4.38. The molecule has 4 fully saturated rings. The first-order valence-corrected chi connectivity index (χ1v) is 11.6. The van der Waals surface area contributed by atoms with Crippen molar-refractivity contribution in [3.8, 4) is 0 Å². The second kappa shape index (κ2) is 8.07. The van der Waals surface area contributed by atoms with E-state index in [1.807, 2.05) is 37.6 Å². The fourth-order valence-electron chi connectivity index (χ4n) is 6.08. The lowest BCUT2D eigenvalue weighted by Crippen LogP contribution is -2.61. The number of nitrogens with one attached hydrogen (secondary N) is 2. The van der Waals surface area contributed by atoms with Crippen LogP contribution in [-0.4, -0.2) is 48.6 Å². The summed E-state index contributed by atoms with van der Waals surface area (Å²) >= 11 is 1.61. The van der Waals surface area contributed by atoms with Crippen molar-refractivity contribution in [1.82, 2.24) is 10.2 Å². The average molecular weight is 402 g/mol. The van der Waals surface area contributed by atoms with Crippen LogP contribution in [0.3, 0.4) is 0 Å². The van der Waals surface area contributed by atoms with E-state index < -0.39 is 0 Å². The normalized spacial score (nSPS) is 30.5. The van der Waals surface area contributed by atoms with Crippen LogP contribution in [0.15, 0.2) is 29.2 Å². The van der Waals surface area contributed by atoms with Gasteiger partial charge in [0.05, 0.1) is 18.8 Å². The number of hydrogen-bond acceptors (Lipinski definition) is 4. The molecule has 0 heterocycles. The minimum atomic E-state index is -0.0911. The van der Waals surface area contributed by atoms with E-state index in [4.69, 9.17) is 0 Å². The van der Waals surface area contributed by atoms with Crippen molar-refractivity contribution < 1.29 is 9.59 Å². The maximum Gasteiger partial charge on any atom is 0.238 e. The molecule has 2 N–H and O–H groups in total. The van der Waals surface area contributed by atoms with Gasteiger partial charge >= 0.3 is 0 Å². The Hall–Kier alpha value is -1.53. The zero-order chi connectivity index (χ0) is 19.7. The minimum Gasteiger partial charge on any atom is -0.350 e. The molecule has 0 aliphatic heterocycles. The zero-order valence-electron chi connectivity index (χ0n) is 16.9. The highest BCUT2D eigenvalue weighted by atomic mass is 32.2. The first-order chi connectivity index (χ1) is 13.4. The van der Waals surface area contributed by atoms with E-state index in [2.05, 4.69) is 10.6 Å². The van der Waals surface area contributed by atoms with E-state index in [1.54, 1.807) is 16.7 Å². The molecule has 4 saturated carbocycles. The molecule has 1 aromatic rings. The van der Waals surface area contributed by atoms with Gasteiger partial charge in [0.25, 0.3) is 0 Å². The fourth-order valence-corrected chi connectivity index (χ4v) is 6.64. The second-order valence-electron chi connectivity index (χ2n) is 9.17. The van der Waals surface area contributed by atoms with Crippen LogP contribution in [0, 0.1) is 17.8 Å². The molecule has 1 aromatic carbocycles. The largest absolute Gasteiger partial charge is 0.350 e. The Morgan fingerprint density at radius 2 is 1.61 bits per heavy atom. The summed E-state index contributed by atoms with van der Waals surface area (Å²) in [5, 5.41) is 6.34. The quantitative estimate of drug-likeness (QED) is 0.688. The molecule has 0 atom stereocenters. The summed E-state index contributed by atoms with van der Waals surface area (Å²) in [5.41, 5.74) is 0.859. The summed E-state index contributed by atoms with van der Waals surface area (Å²) in [6, 6.07) is 7.77. The van der Waals surface area contributed by atoms with E-state index >= 15 is 0 Å². The van der Waals surface area contributed by atoms with Gasteiger partial charge in [0.15, 0.2) is 0 Å². The van der Waals surface area contributed by atoms with Gasteiger partial charge in [-0.2, -0.15) is 0 Å². The second-order valence-corrected chi connectivity index (χ2v) is 10.0. The molecule has 0 radical (unpaired) electrons. The summed E-state index contributed by atoms with van der Waals surface area (Å²) in [5.74, 6) is 2.40. The lowest BCUT2D eigenvalue weighted by molar-refractivity contribution is -0.128. The maximum absolute atomic E-state index is 12.7. The maximum atomic E-state index is 12.7. The minimum absolute atomic E-state index is 0.0339. The summed E-state index contributed by atoms with van der Waals surface area (Å²) < 4.78 is 0. The van der Waals surface area contributed by atoms with Gasteiger partial charge in [-0.1, -0.05) is 12.1 Å². The Balaban J connectivity index is 1.27. The number of carbonyl (C=O) groups is 2. The van der Waals surface area contributed by atoms with Gasteiger partial charge in [0, 0.05) is 10.4 Å². The number of nitrogens with zero attached hydrogens (tertiary/aromatic N) is 1. The summed E-state index contributed by atoms with van der Waals surface area (Å²) in [7, 11) is 1.83. The number of rotatable bonds is 7. The molecule has 4 bridgehead atoms. The van der Waals surface area contributed by atoms with Gasteiger partial charge in [-0.3, -0.25) is 14.5 Å². The van der Waals surface area contributed by atoms with Crippen LogP contribution in [-0.2, 0) is 9.59 Å². The Bertz CT molecular complexity index is 716. The van der Waals surface area contributed by atoms with Gasteiger partial charge in [-0.25, -0.2) is 0 Å². The van der Waals surface area contributed by atoms with E-state index in [1.165, 1.54) is 19.3 Å². The number of hydrogen-bond donors (Lipinski definition) is 2. The van der Waals surface area contributed by atoms with Gasteiger partial charge < -0.3 is 10.6 Å². The van der Waals surface area contributed by atoms with Crippen LogP contribution in [0.4, 0.5) is 5.69 Å². The highest BCUT2D eigenvalue weighted by Gasteiger charge is 2.51. The molecule has 0 aromatic heterocycles. The molecular formula is C22H31N3O2S. The van der Waals surface area contributed by atoms with Gasteiger partial charge in [0.2, 0.25) is 11.8 Å². The van der Waals surface area contributed by atoms with Crippen molar-refractivity contribution in [2.24, 2.45) is 17.8 Å². The Morgan fingerprint density at radius 1 is 1.04 bits per heavy atom. The first kappa shape index (κ1) is 19.8. The highest BCUT2D eigenvalue weighted by molar-refractivity contribution is 7.98. The van der Waals surface area contributed by atoms with Crippen LogP contribution in [0.1, 0.15) is 38.5 Å². The third-order valence-corrected chi connectivity index (χ3v) is 7.45. The van der Waals surface area contributed by atoms with Crippen LogP contribution >= 0.6 is 11.8 Å². The van der Waals surface area contributed by atoms with Gasteiger partial charge in [0.1, 0.15) is 0 Å². The van der Waals surface area contributed by atoms with Crippen molar-refractivity contribution in [2.75, 3.05) is 31.7 Å². The topological polar surface area (TPSA) is 61.4 Å². The Labute approximate surface area is 172 Å². The number of carbonyl (C=O) groups excluding carboxylic acids is 2. The number of thioether (sulfide) groups is 1. The number of likely N-dealkylation sites (N-methyl/N-ethyl adjacent to an activating group) is 1. The lowest BCUT2D eigenvalue weighted by Gasteiger charge is -2.57. The average Bonchev–Trinajstić information content (AvgIpc) is 2.60. The molecule has 0 saturated heterocycles. The molecule has 28 heavy (non-hydrogen) atoms. The standard InChI is InChI=1S/C22H31N3O2S/c1-25(13-20(26)23-18-5-3-4-6-19(18)28-2)14-21(27)24-22-10-15-7-16(11-22)9-17(8-15)12-22/h3-6,15-17H,7-14H2,1-2H3,(H,23,26)(H,24,27). The molecule has 4 aliphatic rings. The smallest absolute Gasteiger partial charge is 0.238 e. The van der Waals surface area contributed by atoms with E-state index in [9.17, 15) is 9.59 Å². The SMILES string of the molecule is CSc1ccccc1NC(=O)CN(C)CC(=O)NC12CC3CC(CC(C3)C1)C2. The predicted molar refractivity (Wildman–Crippen MR) is 113 cm³/mol. The number of amides is 2. The van der Waals surface area contributed by atoms with Gasteiger partial charge in [-0.15, -0.1) is 11.8 Å². The number of benzene rings is 1. The Kier molecular flexibility index (Phi) is 5.70. The summed E-state index contributed by atoms with van der Waals surface area (Å²) in [6.45, 7) is 0.469. The molecule has 0 spiro atoms. The van der Waals surface area contributed by atoms with Crippen molar-refractivity contribution in [2.45, 2.75) is 49.0 Å². The first-order valence-electron chi connectivity index (χ1n) is 10.4. The highest BCUT2D eigenvalue weighted by Crippen LogP contribution is 2.55. The van der Waals surface area contributed by atoms with Gasteiger partial charge in [-0.05, 0) is 81.7 Å². The third-order valence-electron chi connectivity index (χ3n) is 6.65. The molecular weight excluding hydrogens is 370 g/mol. The zero-order valence-corrected chi connectivity index (χ0v) is 17.7. The fraction of sp³-hybridized carbons (Fsp3) is 0.636. The van der Waals surface area contributed by atoms with Crippen LogP contribution < -0.4 is 10.6 Å². The van der Waals surface area contributed by atoms with Crippen LogP contribution in [0.2, 0.25) is 0 Å². The number of anilines is 1. The van der Waals surface area contributed by atoms with Crippen molar-refractivity contribution in [3.63, 3.8) is 0 Å². The number of para-hydroxylation sites is 1. The van der Waals surface area contributed by atoms with Crippen LogP contribution in [0.5, 0.6) is 0 Å². The molecule has 5 rings (SSSR count). The van der Waals surface area contributed by atoms with Crippen molar-refractivity contribution in [1.29, 1.82) is 0 Å². The predicted octanol–water partition coefficient (Wildman–Crippen LogP) is 3.36. The molecule has 6 heteroatoms. The van der Waals surface area contributed by atoms with Crippen LogP contribution in [0.25, 0.3) is 0 Å². The molecule has 4 aliphatic carbocycles. The van der Waals surface area contributed by atoms with E-state index in [-0.39, 0.29) is 30.4 Å². The molecule has 2 amide bonds. The van der Waals surface area contributed by atoms with E-state index in [0.717, 1.165) is 47.6 Å². The molecule has 5 nitrogen and oxygen atoms in total. The monoisotopic (exact) mass is 401 g/mol. The van der Waals surface area contributed by atoms with Crippen molar-refractivity contribution in [3.05, 3.63) is 24.3 Å². The summed E-state index contributed by atoms with van der Waals surface area (Å²) in [6.07, 6.45) is 9.55. The Morgan fingerprint density at radius 3 is 2.21 bits per heavy atom. The lowest BCUT2D eigenvalue weighted by atomic mass is 9.53. The molecule has 152 valence electrons. The summed E-state index contributed by atoms with van der Waals surface area (Å²) in [4.78, 5) is 27.9. The van der Waals surface area contributed by atoms with Crippen molar-refractivity contribution >= 4 is 29.3 Å².